The summed E-state index contributed by atoms with van der Waals surface area (Å²) in [6, 6.07) is 9.53. The minimum atomic E-state index is -0.584. The fourth-order valence-corrected chi connectivity index (χ4v) is 1.92. The van der Waals surface area contributed by atoms with Gasteiger partial charge in [0.05, 0.1) is 12.0 Å². The maximum Gasteiger partial charge on any atom is 0.313 e. The van der Waals surface area contributed by atoms with Crippen molar-refractivity contribution in [3.63, 3.8) is 0 Å². The summed E-state index contributed by atoms with van der Waals surface area (Å²) < 4.78 is 5.20. The topological polar surface area (TPSA) is 58.6 Å². The van der Waals surface area contributed by atoms with Gasteiger partial charge in [0.15, 0.2) is 0 Å². The van der Waals surface area contributed by atoms with Crippen molar-refractivity contribution in [2.45, 2.75) is 19.1 Å². The lowest BCUT2D eigenvalue weighted by molar-refractivity contribution is -0.154. The lowest BCUT2D eigenvalue weighted by Crippen LogP contribution is -2.44. The zero-order valence-corrected chi connectivity index (χ0v) is 9.63. The van der Waals surface area contributed by atoms with Gasteiger partial charge in [-0.05, 0) is 18.5 Å². The molecular formula is C13H17NO3. The molecule has 4 heteroatoms. The Morgan fingerprint density at radius 3 is 2.88 bits per heavy atom. The highest BCUT2D eigenvalue weighted by Crippen LogP contribution is 2.14. The minimum absolute atomic E-state index is 0.267. The first-order valence-electron chi connectivity index (χ1n) is 5.86. The van der Waals surface area contributed by atoms with E-state index in [1.54, 1.807) is 0 Å². The number of aliphatic hydroxyl groups is 1. The van der Waals surface area contributed by atoms with E-state index in [4.69, 9.17) is 4.74 Å². The second kappa shape index (κ2) is 5.80. The van der Waals surface area contributed by atoms with Crippen LogP contribution in [0.5, 0.6) is 0 Å². The van der Waals surface area contributed by atoms with E-state index in [-0.39, 0.29) is 12.6 Å². The van der Waals surface area contributed by atoms with Gasteiger partial charge < -0.3 is 15.2 Å². The Hall–Kier alpha value is -1.39. The fourth-order valence-electron chi connectivity index (χ4n) is 1.92. The molecule has 1 aliphatic rings. The molecule has 0 bridgehead atoms. The number of aliphatic hydroxyl groups excluding tert-OH is 1. The molecule has 2 atom stereocenters. The van der Waals surface area contributed by atoms with Crippen LogP contribution in [0.25, 0.3) is 0 Å². The monoisotopic (exact) mass is 235 g/mol. The molecule has 0 aliphatic carbocycles. The maximum absolute atomic E-state index is 11.8. The van der Waals surface area contributed by atoms with Crippen molar-refractivity contribution in [1.29, 1.82) is 0 Å². The Bertz CT molecular complexity index is 366. The maximum atomic E-state index is 11.8. The Morgan fingerprint density at radius 2 is 2.18 bits per heavy atom. The lowest BCUT2D eigenvalue weighted by Gasteiger charge is -2.26. The molecule has 2 rings (SSSR count). The van der Waals surface area contributed by atoms with Crippen molar-refractivity contribution in [2.24, 2.45) is 5.92 Å². The standard InChI is InChI=1S/C13H17NO3/c15-12-6-7-14-8-11(12)13(16)17-9-10-4-2-1-3-5-10/h1-5,11-12,14-15H,6-9H2. The SMILES string of the molecule is O=C(OCc1ccccc1)C1CNCCC1O. The zero-order valence-electron chi connectivity index (χ0n) is 9.63. The van der Waals surface area contributed by atoms with Gasteiger partial charge in [0.2, 0.25) is 0 Å². The van der Waals surface area contributed by atoms with Gasteiger partial charge in [-0.3, -0.25) is 4.79 Å². The van der Waals surface area contributed by atoms with Crippen LogP contribution in [0.2, 0.25) is 0 Å². The van der Waals surface area contributed by atoms with Gasteiger partial charge in [-0.15, -0.1) is 0 Å². The number of carbonyl (C=O) groups excluding carboxylic acids is 1. The van der Waals surface area contributed by atoms with Gasteiger partial charge in [-0.25, -0.2) is 0 Å². The number of ether oxygens (including phenoxy) is 1. The molecule has 92 valence electrons. The number of benzene rings is 1. The van der Waals surface area contributed by atoms with Crippen LogP contribution in [0.3, 0.4) is 0 Å². The average Bonchev–Trinajstić information content (AvgIpc) is 2.38. The van der Waals surface area contributed by atoms with Crippen LogP contribution in [0.1, 0.15) is 12.0 Å². The van der Waals surface area contributed by atoms with E-state index in [0.29, 0.717) is 13.0 Å². The van der Waals surface area contributed by atoms with Crippen molar-refractivity contribution < 1.29 is 14.6 Å². The van der Waals surface area contributed by atoms with Gasteiger partial charge in [-0.1, -0.05) is 30.3 Å². The van der Waals surface area contributed by atoms with Crippen LogP contribution < -0.4 is 5.32 Å². The van der Waals surface area contributed by atoms with Crippen LogP contribution in [0.4, 0.5) is 0 Å². The molecule has 4 nitrogen and oxygen atoms in total. The first kappa shape index (κ1) is 12.1. The molecule has 0 spiro atoms. The highest BCUT2D eigenvalue weighted by Gasteiger charge is 2.30. The van der Waals surface area contributed by atoms with E-state index in [9.17, 15) is 9.90 Å². The van der Waals surface area contributed by atoms with E-state index in [1.807, 2.05) is 30.3 Å². The van der Waals surface area contributed by atoms with E-state index in [2.05, 4.69) is 5.32 Å². The fraction of sp³-hybridized carbons (Fsp3) is 0.462. The van der Waals surface area contributed by atoms with Gasteiger partial charge in [0, 0.05) is 6.54 Å². The molecule has 1 fully saturated rings. The van der Waals surface area contributed by atoms with Crippen LogP contribution in [-0.4, -0.2) is 30.3 Å². The summed E-state index contributed by atoms with van der Waals surface area (Å²) in [7, 11) is 0. The van der Waals surface area contributed by atoms with Crippen molar-refractivity contribution >= 4 is 5.97 Å². The predicted molar refractivity (Wildman–Crippen MR) is 63.2 cm³/mol. The summed E-state index contributed by atoms with van der Waals surface area (Å²) >= 11 is 0. The molecule has 0 radical (unpaired) electrons. The molecule has 0 aromatic heterocycles. The van der Waals surface area contributed by atoms with Crippen molar-refractivity contribution in [3.05, 3.63) is 35.9 Å². The largest absolute Gasteiger partial charge is 0.460 e. The summed E-state index contributed by atoms with van der Waals surface area (Å²) in [5.74, 6) is -0.763. The lowest BCUT2D eigenvalue weighted by atomic mass is 9.96. The molecule has 1 aromatic rings. The van der Waals surface area contributed by atoms with Crippen LogP contribution >= 0.6 is 0 Å². The quantitative estimate of drug-likeness (QED) is 0.757. The van der Waals surface area contributed by atoms with Gasteiger partial charge in [0.25, 0.3) is 0 Å². The third-order valence-corrected chi connectivity index (χ3v) is 2.97. The zero-order chi connectivity index (χ0) is 12.1. The van der Waals surface area contributed by atoms with E-state index in [1.165, 1.54) is 0 Å². The van der Waals surface area contributed by atoms with E-state index >= 15 is 0 Å². The molecule has 0 amide bonds. The predicted octanol–water partition coefficient (Wildman–Crippen LogP) is 0.700. The molecule has 17 heavy (non-hydrogen) atoms. The number of rotatable bonds is 3. The number of hydrogen-bond donors (Lipinski definition) is 2. The molecule has 0 saturated carbocycles. The highest BCUT2D eigenvalue weighted by molar-refractivity contribution is 5.73. The Morgan fingerprint density at radius 1 is 1.41 bits per heavy atom. The van der Waals surface area contributed by atoms with Gasteiger partial charge in [0.1, 0.15) is 6.61 Å². The number of carbonyl (C=O) groups is 1. The molecule has 1 saturated heterocycles. The normalized spacial score (nSPS) is 24.3. The number of esters is 1. The summed E-state index contributed by atoms with van der Waals surface area (Å²) in [5, 5.41) is 12.8. The number of nitrogens with one attached hydrogen (secondary N) is 1. The summed E-state index contributed by atoms with van der Waals surface area (Å²) in [6.07, 6.45) is 0.0185. The van der Waals surface area contributed by atoms with Crippen molar-refractivity contribution in [1.82, 2.24) is 5.32 Å². The van der Waals surface area contributed by atoms with Crippen molar-refractivity contribution in [3.8, 4) is 0 Å². The second-order valence-electron chi connectivity index (χ2n) is 4.26. The van der Waals surface area contributed by atoms with E-state index < -0.39 is 12.0 Å². The number of piperidine rings is 1. The van der Waals surface area contributed by atoms with Crippen LogP contribution in [0, 0.1) is 5.92 Å². The molecular weight excluding hydrogens is 218 g/mol. The van der Waals surface area contributed by atoms with Gasteiger partial charge >= 0.3 is 5.97 Å². The minimum Gasteiger partial charge on any atom is -0.460 e. The molecule has 1 heterocycles. The third-order valence-electron chi connectivity index (χ3n) is 2.97. The molecule has 2 unspecified atom stereocenters. The summed E-state index contributed by atoms with van der Waals surface area (Å²) in [4.78, 5) is 11.8. The van der Waals surface area contributed by atoms with Crippen molar-refractivity contribution in [2.75, 3.05) is 13.1 Å². The van der Waals surface area contributed by atoms with E-state index in [0.717, 1.165) is 12.1 Å². The number of hydrogen-bond acceptors (Lipinski definition) is 4. The second-order valence-corrected chi connectivity index (χ2v) is 4.26. The first-order chi connectivity index (χ1) is 8.27. The smallest absolute Gasteiger partial charge is 0.313 e. The average molecular weight is 235 g/mol. The third kappa shape index (κ3) is 3.28. The summed E-state index contributed by atoms with van der Waals surface area (Å²) in [6.45, 7) is 1.52. The molecule has 1 aliphatic heterocycles. The summed E-state index contributed by atoms with van der Waals surface area (Å²) in [5.41, 5.74) is 0.958. The Labute approximate surface area is 101 Å². The van der Waals surface area contributed by atoms with Crippen LogP contribution in [-0.2, 0) is 16.1 Å². The molecule has 2 N–H and O–H groups in total. The first-order valence-corrected chi connectivity index (χ1v) is 5.86. The Balaban J connectivity index is 1.84. The molecule has 1 aromatic carbocycles. The van der Waals surface area contributed by atoms with Crippen LogP contribution in [0.15, 0.2) is 30.3 Å². The van der Waals surface area contributed by atoms with Gasteiger partial charge in [-0.2, -0.15) is 0 Å². The highest BCUT2D eigenvalue weighted by atomic mass is 16.5. The Kier molecular flexibility index (Phi) is 4.12.